The zero-order valence-electron chi connectivity index (χ0n) is 13.3. The third kappa shape index (κ3) is 4.67. The van der Waals surface area contributed by atoms with Gasteiger partial charge < -0.3 is 10.2 Å². The van der Waals surface area contributed by atoms with Crippen molar-refractivity contribution in [3.05, 3.63) is 71.3 Å². The molecule has 0 saturated carbocycles. The van der Waals surface area contributed by atoms with Crippen molar-refractivity contribution in [3.8, 4) is 0 Å². The van der Waals surface area contributed by atoms with E-state index in [2.05, 4.69) is 4.90 Å². The highest BCUT2D eigenvalue weighted by Gasteiger charge is 2.16. The fraction of sp³-hybridized carbons (Fsp3) is 0.368. The van der Waals surface area contributed by atoms with Crippen LogP contribution >= 0.6 is 0 Å². The van der Waals surface area contributed by atoms with Crippen LogP contribution in [0.3, 0.4) is 0 Å². The molecule has 2 N–H and O–H groups in total. The maximum Gasteiger partial charge on any atom is 0.0916 e. The van der Waals surface area contributed by atoms with E-state index in [4.69, 9.17) is 0 Å². The van der Waals surface area contributed by atoms with Gasteiger partial charge in [-0.1, -0.05) is 67.1 Å². The number of aliphatic hydroxyl groups is 2. The SMILES string of the molecule is CCN(CC(O)c1ccccc1)CC(O)c1ccc(C)cc1. The van der Waals surface area contributed by atoms with Crippen molar-refractivity contribution in [2.45, 2.75) is 26.1 Å². The van der Waals surface area contributed by atoms with Crippen LogP contribution in [-0.2, 0) is 0 Å². The molecule has 2 atom stereocenters. The Morgan fingerprint density at radius 2 is 1.32 bits per heavy atom. The predicted molar refractivity (Wildman–Crippen MR) is 89.7 cm³/mol. The van der Waals surface area contributed by atoms with Gasteiger partial charge in [0, 0.05) is 13.1 Å². The Morgan fingerprint density at radius 3 is 1.82 bits per heavy atom. The maximum absolute atomic E-state index is 10.4. The molecule has 0 bridgehead atoms. The van der Waals surface area contributed by atoms with Gasteiger partial charge in [0.2, 0.25) is 0 Å². The van der Waals surface area contributed by atoms with Crippen molar-refractivity contribution in [1.29, 1.82) is 0 Å². The van der Waals surface area contributed by atoms with Crippen LogP contribution in [-0.4, -0.2) is 34.7 Å². The highest BCUT2D eigenvalue weighted by molar-refractivity contribution is 5.23. The Morgan fingerprint density at radius 1 is 0.818 bits per heavy atom. The lowest BCUT2D eigenvalue weighted by Crippen LogP contribution is -2.32. The Kier molecular flexibility index (Phi) is 6.13. The van der Waals surface area contributed by atoms with Crippen molar-refractivity contribution < 1.29 is 10.2 Å². The van der Waals surface area contributed by atoms with Crippen LogP contribution in [0.25, 0.3) is 0 Å². The van der Waals surface area contributed by atoms with Crippen LogP contribution in [0.1, 0.15) is 35.8 Å². The molecule has 2 aromatic rings. The summed E-state index contributed by atoms with van der Waals surface area (Å²) in [4.78, 5) is 2.07. The standard InChI is InChI=1S/C19H25NO2/c1-3-20(13-18(21)16-7-5-4-6-8-16)14-19(22)17-11-9-15(2)10-12-17/h4-12,18-19,21-22H,3,13-14H2,1-2H3. The molecule has 2 rings (SSSR count). The molecular weight excluding hydrogens is 274 g/mol. The summed E-state index contributed by atoms with van der Waals surface area (Å²) in [5, 5.41) is 20.7. The molecule has 0 heterocycles. The lowest BCUT2D eigenvalue weighted by atomic mass is 10.1. The molecule has 0 aliphatic rings. The summed E-state index contributed by atoms with van der Waals surface area (Å²) in [5.41, 5.74) is 3.01. The second-order valence-corrected chi connectivity index (χ2v) is 5.71. The van der Waals surface area contributed by atoms with E-state index in [1.165, 1.54) is 5.56 Å². The summed E-state index contributed by atoms with van der Waals surface area (Å²) in [7, 11) is 0. The summed E-state index contributed by atoms with van der Waals surface area (Å²) >= 11 is 0. The first-order valence-electron chi connectivity index (χ1n) is 7.80. The van der Waals surface area contributed by atoms with E-state index in [0.29, 0.717) is 13.1 Å². The lowest BCUT2D eigenvalue weighted by molar-refractivity contribution is 0.0718. The largest absolute Gasteiger partial charge is 0.387 e. The van der Waals surface area contributed by atoms with Crippen molar-refractivity contribution in [3.63, 3.8) is 0 Å². The average molecular weight is 299 g/mol. The number of aryl methyl sites for hydroxylation is 1. The second-order valence-electron chi connectivity index (χ2n) is 5.71. The van der Waals surface area contributed by atoms with E-state index >= 15 is 0 Å². The fourth-order valence-electron chi connectivity index (χ4n) is 2.50. The molecule has 0 spiro atoms. The topological polar surface area (TPSA) is 43.7 Å². The van der Waals surface area contributed by atoms with Crippen LogP contribution in [0.2, 0.25) is 0 Å². The molecule has 2 aromatic carbocycles. The molecular formula is C19H25NO2. The van der Waals surface area contributed by atoms with Crippen LogP contribution in [0.4, 0.5) is 0 Å². The van der Waals surface area contributed by atoms with Crippen molar-refractivity contribution in [1.82, 2.24) is 4.90 Å². The van der Waals surface area contributed by atoms with E-state index in [-0.39, 0.29) is 0 Å². The maximum atomic E-state index is 10.4. The van der Waals surface area contributed by atoms with Crippen LogP contribution in [0.5, 0.6) is 0 Å². The van der Waals surface area contributed by atoms with Crippen LogP contribution < -0.4 is 0 Å². The Labute approximate surface area is 132 Å². The lowest BCUT2D eigenvalue weighted by Gasteiger charge is -2.26. The van der Waals surface area contributed by atoms with E-state index < -0.39 is 12.2 Å². The van der Waals surface area contributed by atoms with Gasteiger partial charge in [-0.3, -0.25) is 4.90 Å². The van der Waals surface area contributed by atoms with E-state index in [0.717, 1.165) is 17.7 Å². The number of aliphatic hydroxyl groups excluding tert-OH is 2. The van der Waals surface area contributed by atoms with Gasteiger partial charge in [-0.15, -0.1) is 0 Å². The van der Waals surface area contributed by atoms with Gasteiger partial charge in [-0.2, -0.15) is 0 Å². The summed E-state index contributed by atoms with van der Waals surface area (Å²) in [5.74, 6) is 0. The normalized spacial score (nSPS) is 14.0. The Bertz CT molecular complexity index is 553. The highest BCUT2D eigenvalue weighted by Crippen LogP contribution is 2.18. The zero-order chi connectivity index (χ0) is 15.9. The molecule has 0 aromatic heterocycles. The van der Waals surface area contributed by atoms with E-state index in [9.17, 15) is 10.2 Å². The minimum Gasteiger partial charge on any atom is -0.387 e. The van der Waals surface area contributed by atoms with E-state index in [1.54, 1.807) is 0 Å². The molecule has 22 heavy (non-hydrogen) atoms. The summed E-state index contributed by atoms with van der Waals surface area (Å²) in [6.45, 7) is 5.89. The number of likely N-dealkylation sites (N-methyl/N-ethyl adjacent to an activating group) is 1. The number of hydrogen-bond acceptors (Lipinski definition) is 3. The molecule has 0 saturated heterocycles. The molecule has 3 heteroatoms. The molecule has 118 valence electrons. The molecule has 2 unspecified atom stereocenters. The minimum atomic E-state index is -0.538. The first kappa shape index (κ1) is 16.7. The molecule has 0 amide bonds. The quantitative estimate of drug-likeness (QED) is 0.826. The third-order valence-corrected chi connectivity index (χ3v) is 3.96. The Hall–Kier alpha value is -1.68. The summed E-state index contributed by atoms with van der Waals surface area (Å²) in [6.07, 6.45) is -1.07. The van der Waals surface area contributed by atoms with Crippen molar-refractivity contribution in [2.24, 2.45) is 0 Å². The highest BCUT2D eigenvalue weighted by atomic mass is 16.3. The van der Waals surface area contributed by atoms with Crippen LogP contribution in [0, 0.1) is 6.92 Å². The first-order chi connectivity index (χ1) is 10.6. The van der Waals surface area contributed by atoms with Crippen molar-refractivity contribution in [2.75, 3.05) is 19.6 Å². The predicted octanol–water partition coefficient (Wildman–Crippen LogP) is 3.08. The van der Waals surface area contributed by atoms with Gasteiger partial charge in [-0.25, -0.2) is 0 Å². The molecule has 0 aliphatic heterocycles. The summed E-state index contributed by atoms with van der Waals surface area (Å²) in [6, 6.07) is 17.6. The monoisotopic (exact) mass is 299 g/mol. The first-order valence-corrected chi connectivity index (χ1v) is 7.80. The van der Waals surface area contributed by atoms with Gasteiger partial charge in [0.15, 0.2) is 0 Å². The molecule has 0 radical (unpaired) electrons. The summed E-state index contributed by atoms with van der Waals surface area (Å²) < 4.78 is 0. The number of nitrogens with zero attached hydrogens (tertiary/aromatic N) is 1. The van der Waals surface area contributed by atoms with E-state index in [1.807, 2.05) is 68.4 Å². The number of hydrogen-bond donors (Lipinski definition) is 2. The number of benzene rings is 2. The number of rotatable bonds is 7. The molecule has 0 fully saturated rings. The Balaban J connectivity index is 1.95. The zero-order valence-corrected chi connectivity index (χ0v) is 13.3. The van der Waals surface area contributed by atoms with Crippen LogP contribution in [0.15, 0.2) is 54.6 Å². The second kappa shape index (κ2) is 8.08. The fourth-order valence-corrected chi connectivity index (χ4v) is 2.50. The van der Waals surface area contributed by atoms with Crippen molar-refractivity contribution >= 4 is 0 Å². The third-order valence-electron chi connectivity index (χ3n) is 3.96. The van der Waals surface area contributed by atoms with Gasteiger partial charge in [-0.05, 0) is 24.6 Å². The molecule has 3 nitrogen and oxygen atoms in total. The average Bonchev–Trinajstić information content (AvgIpc) is 2.55. The van der Waals surface area contributed by atoms with Gasteiger partial charge in [0.1, 0.15) is 0 Å². The van der Waals surface area contributed by atoms with Gasteiger partial charge >= 0.3 is 0 Å². The minimum absolute atomic E-state index is 0.517. The van der Waals surface area contributed by atoms with Gasteiger partial charge in [0.05, 0.1) is 12.2 Å². The molecule has 0 aliphatic carbocycles. The smallest absolute Gasteiger partial charge is 0.0916 e. The van der Waals surface area contributed by atoms with Gasteiger partial charge in [0.25, 0.3) is 0 Å².